The molecule has 0 bridgehead atoms. The maximum atomic E-state index is 11.9. The van der Waals surface area contributed by atoms with E-state index in [-0.39, 0.29) is 5.91 Å². The zero-order valence-corrected chi connectivity index (χ0v) is 14.0. The number of anilines is 1. The van der Waals surface area contributed by atoms with E-state index in [1.807, 2.05) is 37.3 Å². The van der Waals surface area contributed by atoms with Crippen molar-refractivity contribution in [3.05, 3.63) is 70.8 Å². The van der Waals surface area contributed by atoms with Crippen LogP contribution in [0.25, 0.3) is 6.08 Å². The Morgan fingerprint density at radius 2 is 2.00 bits per heavy atom. The van der Waals surface area contributed by atoms with Crippen LogP contribution in [0.1, 0.15) is 11.1 Å². The molecule has 114 valence electrons. The first-order valence-electron chi connectivity index (χ1n) is 7.00. The zero-order chi connectivity index (χ0) is 15.8. The van der Waals surface area contributed by atoms with Crippen molar-refractivity contribution in [1.29, 1.82) is 0 Å². The highest BCUT2D eigenvalue weighted by atomic mass is 35.5. The molecule has 0 heterocycles. The molecule has 0 aliphatic heterocycles. The number of hydrogen-bond donors (Lipinski definition) is 1. The van der Waals surface area contributed by atoms with Gasteiger partial charge in [0.15, 0.2) is 0 Å². The van der Waals surface area contributed by atoms with Crippen molar-refractivity contribution >= 4 is 41.0 Å². The van der Waals surface area contributed by atoms with Crippen molar-refractivity contribution in [3.8, 4) is 0 Å². The van der Waals surface area contributed by atoms with Crippen molar-refractivity contribution in [2.75, 3.05) is 16.8 Å². The smallest absolute Gasteiger partial charge is 0.234 e. The molecule has 0 radical (unpaired) electrons. The van der Waals surface area contributed by atoms with Gasteiger partial charge in [-0.2, -0.15) is 0 Å². The van der Waals surface area contributed by atoms with E-state index in [1.165, 1.54) is 5.56 Å². The van der Waals surface area contributed by atoms with Crippen molar-refractivity contribution in [2.45, 2.75) is 6.92 Å². The third-order valence-electron chi connectivity index (χ3n) is 3.02. The minimum atomic E-state index is 0.00327. The predicted octanol–water partition coefficient (Wildman–Crippen LogP) is 5.03. The highest BCUT2D eigenvalue weighted by Gasteiger charge is 2.04. The molecular weight excluding hydrogens is 314 g/mol. The lowest BCUT2D eigenvalue weighted by Gasteiger charge is -2.08. The number of hydrogen-bond acceptors (Lipinski definition) is 2. The molecule has 2 rings (SSSR count). The fraction of sp³-hybridized carbons (Fsp3) is 0.167. The summed E-state index contributed by atoms with van der Waals surface area (Å²) in [5.74, 6) is 1.24. The van der Waals surface area contributed by atoms with Crippen LogP contribution in [0, 0.1) is 6.92 Å². The van der Waals surface area contributed by atoms with E-state index >= 15 is 0 Å². The average molecular weight is 332 g/mol. The molecule has 0 aromatic heterocycles. The standard InChI is InChI=1S/C18H18ClNOS/c1-14-12-16(19)9-10-17(14)20-18(21)13-22-11-5-8-15-6-3-2-4-7-15/h2-10,12H,11,13H2,1H3,(H,20,21)/b8-5+. The first kappa shape index (κ1) is 16.7. The summed E-state index contributed by atoms with van der Waals surface area (Å²) >= 11 is 7.48. The number of carbonyl (C=O) groups is 1. The van der Waals surface area contributed by atoms with Crippen LogP contribution in [0.15, 0.2) is 54.6 Å². The number of benzene rings is 2. The van der Waals surface area contributed by atoms with Crippen LogP contribution in [0.2, 0.25) is 5.02 Å². The number of amides is 1. The van der Waals surface area contributed by atoms with Gasteiger partial charge in [0.1, 0.15) is 0 Å². The Balaban J connectivity index is 1.73. The second-order valence-electron chi connectivity index (χ2n) is 4.84. The first-order valence-corrected chi connectivity index (χ1v) is 8.54. The third kappa shape index (κ3) is 5.58. The van der Waals surface area contributed by atoms with E-state index in [9.17, 15) is 4.79 Å². The van der Waals surface area contributed by atoms with E-state index in [1.54, 1.807) is 17.8 Å². The van der Waals surface area contributed by atoms with Crippen molar-refractivity contribution in [1.82, 2.24) is 0 Å². The molecule has 0 aliphatic carbocycles. The maximum absolute atomic E-state index is 11.9. The monoisotopic (exact) mass is 331 g/mol. The molecule has 0 fully saturated rings. The molecule has 0 unspecified atom stereocenters. The second kappa shape index (κ2) is 8.66. The molecule has 0 aliphatic rings. The molecule has 1 N–H and O–H groups in total. The molecule has 0 atom stereocenters. The van der Waals surface area contributed by atoms with Gasteiger partial charge in [-0.1, -0.05) is 54.1 Å². The van der Waals surface area contributed by atoms with Crippen molar-refractivity contribution in [2.24, 2.45) is 0 Å². The van der Waals surface area contributed by atoms with Crippen molar-refractivity contribution < 1.29 is 4.79 Å². The molecule has 1 amide bonds. The predicted molar refractivity (Wildman–Crippen MR) is 97.6 cm³/mol. The first-order chi connectivity index (χ1) is 10.6. The summed E-state index contributed by atoms with van der Waals surface area (Å²) in [6, 6.07) is 15.6. The van der Waals surface area contributed by atoms with Gasteiger partial charge in [0.2, 0.25) is 5.91 Å². The summed E-state index contributed by atoms with van der Waals surface area (Å²) in [6.07, 6.45) is 4.13. The molecular formula is C18H18ClNOS. The summed E-state index contributed by atoms with van der Waals surface area (Å²) in [5, 5.41) is 3.58. The highest BCUT2D eigenvalue weighted by Crippen LogP contribution is 2.19. The highest BCUT2D eigenvalue weighted by molar-refractivity contribution is 8.00. The van der Waals surface area contributed by atoms with Gasteiger partial charge in [0, 0.05) is 16.5 Å². The Bertz CT molecular complexity index is 655. The van der Waals surface area contributed by atoms with E-state index in [0.717, 1.165) is 17.0 Å². The topological polar surface area (TPSA) is 29.1 Å². The molecule has 2 aromatic rings. The van der Waals surface area contributed by atoms with Crippen LogP contribution in [0.5, 0.6) is 0 Å². The summed E-state index contributed by atoms with van der Waals surface area (Å²) in [7, 11) is 0. The van der Waals surface area contributed by atoms with Crippen LogP contribution in [-0.4, -0.2) is 17.4 Å². The van der Waals surface area contributed by atoms with Gasteiger partial charge < -0.3 is 5.32 Å². The Morgan fingerprint density at radius 1 is 1.23 bits per heavy atom. The SMILES string of the molecule is Cc1cc(Cl)ccc1NC(=O)CSC/C=C/c1ccccc1. The average Bonchev–Trinajstić information content (AvgIpc) is 2.51. The minimum Gasteiger partial charge on any atom is -0.325 e. The molecule has 0 saturated carbocycles. The van der Waals surface area contributed by atoms with E-state index < -0.39 is 0 Å². The van der Waals surface area contributed by atoms with Crippen LogP contribution >= 0.6 is 23.4 Å². The Labute approximate surface area is 140 Å². The molecule has 0 saturated heterocycles. The summed E-state index contributed by atoms with van der Waals surface area (Å²) < 4.78 is 0. The van der Waals surface area contributed by atoms with Gasteiger partial charge in [0.05, 0.1) is 5.75 Å². The fourth-order valence-corrected chi connectivity index (χ4v) is 2.76. The van der Waals surface area contributed by atoms with E-state index in [2.05, 4.69) is 29.6 Å². The lowest BCUT2D eigenvalue weighted by Crippen LogP contribution is -2.14. The molecule has 2 aromatic carbocycles. The van der Waals surface area contributed by atoms with Gasteiger partial charge in [-0.25, -0.2) is 0 Å². The molecule has 0 spiro atoms. The van der Waals surface area contributed by atoms with Gasteiger partial charge in [-0.15, -0.1) is 11.8 Å². The zero-order valence-electron chi connectivity index (χ0n) is 12.4. The van der Waals surface area contributed by atoms with Crippen LogP contribution in [0.3, 0.4) is 0 Å². The number of nitrogens with one attached hydrogen (secondary N) is 1. The van der Waals surface area contributed by atoms with Crippen LogP contribution in [0.4, 0.5) is 5.69 Å². The fourth-order valence-electron chi connectivity index (χ4n) is 1.92. The Hall–Kier alpha value is -1.71. The van der Waals surface area contributed by atoms with Crippen LogP contribution < -0.4 is 5.32 Å². The van der Waals surface area contributed by atoms with E-state index in [0.29, 0.717) is 10.8 Å². The summed E-state index contributed by atoms with van der Waals surface area (Å²) in [6.45, 7) is 1.93. The van der Waals surface area contributed by atoms with Crippen molar-refractivity contribution in [3.63, 3.8) is 0 Å². The number of halogens is 1. The lowest BCUT2D eigenvalue weighted by atomic mass is 10.2. The third-order valence-corrected chi connectivity index (χ3v) is 4.15. The maximum Gasteiger partial charge on any atom is 0.234 e. The molecule has 22 heavy (non-hydrogen) atoms. The normalized spacial score (nSPS) is 10.8. The minimum absolute atomic E-state index is 0.00327. The second-order valence-corrected chi connectivity index (χ2v) is 6.30. The molecule has 2 nitrogen and oxygen atoms in total. The summed E-state index contributed by atoms with van der Waals surface area (Å²) in [4.78, 5) is 11.9. The van der Waals surface area contributed by atoms with Crippen LogP contribution in [-0.2, 0) is 4.79 Å². The molecule has 4 heteroatoms. The largest absolute Gasteiger partial charge is 0.325 e. The lowest BCUT2D eigenvalue weighted by molar-refractivity contribution is -0.113. The quantitative estimate of drug-likeness (QED) is 0.752. The Morgan fingerprint density at radius 3 is 2.73 bits per heavy atom. The number of carbonyl (C=O) groups excluding carboxylic acids is 1. The number of aryl methyl sites for hydroxylation is 1. The number of rotatable bonds is 6. The summed E-state index contributed by atoms with van der Waals surface area (Å²) in [5.41, 5.74) is 2.95. The number of thioether (sulfide) groups is 1. The van der Waals surface area contributed by atoms with Gasteiger partial charge in [-0.05, 0) is 36.2 Å². The van der Waals surface area contributed by atoms with Gasteiger partial charge >= 0.3 is 0 Å². The van der Waals surface area contributed by atoms with Gasteiger partial charge in [0.25, 0.3) is 0 Å². The Kier molecular flexibility index (Phi) is 6.56. The van der Waals surface area contributed by atoms with Gasteiger partial charge in [-0.3, -0.25) is 4.79 Å². The van der Waals surface area contributed by atoms with E-state index in [4.69, 9.17) is 11.6 Å².